The topological polar surface area (TPSA) is 47.6 Å². The molecule has 1 heterocycles. The van der Waals surface area contributed by atoms with E-state index in [1.54, 1.807) is 0 Å². The Morgan fingerprint density at radius 3 is 2.72 bits per heavy atom. The number of nitrogens with one attached hydrogen (secondary N) is 1. The Balaban J connectivity index is 1.62. The molecule has 2 rings (SSSR count). The molecule has 4 heteroatoms. The molecule has 98 valence electrons. The van der Waals surface area contributed by atoms with Crippen LogP contribution in [0, 0.1) is 0 Å². The number of carbonyl (C=O) groups excluding carboxylic acids is 1. The van der Waals surface area contributed by atoms with Crippen LogP contribution in [-0.4, -0.2) is 31.8 Å². The van der Waals surface area contributed by atoms with Gasteiger partial charge in [0.1, 0.15) is 6.10 Å². The molecule has 1 saturated heterocycles. The zero-order valence-corrected chi connectivity index (χ0v) is 10.4. The smallest absolute Gasteiger partial charge is 0.307 e. The normalized spacial score (nSPS) is 16.2. The van der Waals surface area contributed by atoms with Gasteiger partial charge in [-0.15, -0.1) is 0 Å². The number of esters is 1. The molecule has 0 saturated carbocycles. The largest absolute Gasteiger partial charge is 0.462 e. The van der Waals surface area contributed by atoms with Crippen molar-refractivity contribution in [3.8, 4) is 0 Å². The van der Waals surface area contributed by atoms with Crippen molar-refractivity contribution >= 4 is 11.7 Å². The molecule has 18 heavy (non-hydrogen) atoms. The molecular weight excluding hydrogens is 230 g/mol. The number of ether oxygens (including phenoxy) is 2. The highest BCUT2D eigenvalue weighted by atomic mass is 16.6. The Bertz CT molecular complexity index is 361. The van der Waals surface area contributed by atoms with E-state index in [0.717, 1.165) is 18.5 Å². The first-order valence-corrected chi connectivity index (χ1v) is 6.41. The third kappa shape index (κ3) is 4.37. The Morgan fingerprint density at radius 2 is 2.00 bits per heavy atom. The fourth-order valence-electron chi connectivity index (χ4n) is 1.90. The van der Waals surface area contributed by atoms with E-state index in [0.29, 0.717) is 26.2 Å². The first kappa shape index (κ1) is 12.9. The summed E-state index contributed by atoms with van der Waals surface area (Å²) in [6, 6.07) is 9.84. The van der Waals surface area contributed by atoms with Crippen LogP contribution in [0.4, 0.5) is 5.69 Å². The summed E-state index contributed by atoms with van der Waals surface area (Å²) in [6.45, 7) is 1.99. The van der Waals surface area contributed by atoms with Gasteiger partial charge in [0, 0.05) is 25.1 Å². The summed E-state index contributed by atoms with van der Waals surface area (Å²) in [5, 5.41) is 3.19. The molecule has 0 unspecified atom stereocenters. The minimum Gasteiger partial charge on any atom is -0.462 e. The standard InChI is InChI=1S/C14H19NO3/c16-14(18-13-7-10-17-11-8-13)6-9-15-12-4-2-1-3-5-12/h1-5,13,15H,6-11H2. The molecule has 0 aliphatic carbocycles. The number of anilines is 1. The average molecular weight is 249 g/mol. The maximum atomic E-state index is 11.6. The van der Waals surface area contributed by atoms with Crippen molar-refractivity contribution in [2.75, 3.05) is 25.1 Å². The predicted molar refractivity (Wildman–Crippen MR) is 69.5 cm³/mol. The van der Waals surface area contributed by atoms with Gasteiger partial charge in [-0.2, -0.15) is 0 Å². The Morgan fingerprint density at radius 1 is 1.28 bits per heavy atom. The highest BCUT2D eigenvalue weighted by molar-refractivity contribution is 5.70. The van der Waals surface area contributed by atoms with E-state index in [-0.39, 0.29) is 12.1 Å². The van der Waals surface area contributed by atoms with Crippen molar-refractivity contribution in [2.24, 2.45) is 0 Å². The van der Waals surface area contributed by atoms with E-state index in [1.807, 2.05) is 30.3 Å². The SMILES string of the molecule is O=C(CCNc1ccccc1)OC1CCOCC1. The molecule has 4 nitrogen and oxygen atoms in total. The summed E-state index contributed by atoms with van der Waals surface area (Å²) in [4.78, 5) is 11.6. The van der Waals surface area contributed by atoms with Gasteiger partial charge in [-0.05, 0) is 12.1 Å². The Kier molecular flexibility index (Phi) is 5.02. The molecule has 1 aliphatic rings. The summed E-state index contributed by atoms with van der Waals surface area (Å²) >= 11 is 0. The van der Waals surface area contributed by atoms with Gasteiger partial charge in [0.2, 0.25) is 0 Å². The van der Waals surface area contributed by atoms with E-state index < -0.39 is 0 Å². The summed E-state index contributed by atoms with van der Waals surface area (Å²) in [5.74, 6) is -0.134. The van der Waals surface area contributed by atoms with Gasteiger partial charge < -0.3 is 14.8 Å². The van der Waals surface area contributed by atoms with E-state index in [2.05, 4.69) is 5.32 Å². The van der Waals surface area contributed by atoms with Crippen LogP contribution in [0.15, 0.2) is 30.3 Å². The van der Waals surface area contributed by atoms with Crippen LogP contribution in [0.2, 0.25) is 0 Å². The van der Waals surface area contributed by atoms with Crippen LogP contribution in [0.3, 0.4) is 0 Å². The predicted octanol–water partition coefficient (Wildman–Crippen LogP) is 2.21. The van der Waals surface area contributed by atoms with Crippen molar-refractivity contribution in [1.29, 1.82) is 0 Å². The minimum atomic E-state index is -0.134. The fourth-order valence-corrected chi connectivity index (χ4v) is 1.90. The first-order chi connectivity index (χ1) is 8.84. The van der Waals surface area contributed by atoms with Gasteiger partial charge in [0.25, 0.3) is 0 Å². The molecule has 0 radical (unpaired) electrons. The molecule has 0 spiro atoms. The molecule has 0 bridgehead atoms. The molecule has 1 aromatic carbocycles. The molecule has 0 aromatic heterocycles. The van der Waals surface area contributed by atoms with E-state index in [9.17, 15) is 4.79 Å². The fraction of sp³-hybridized carbons (Fsp3) is 0.500. The Hall–Kier alpha value is -1.55. The molecule has 1 N–H and O–H groups in total. The number of hydrogen-bond acceptors (Lipinski definition) is 4. The number of rotatable bonds is 5. The minimum absolute atomic E-state index is 0.0444. The second-order valence-corrected chi connectivity index (χ2v) is 4.34. The van der Waals surface area contributed by atoms with Crippen molar-refractivity contribution in [3.05, 3.63) is 30.3 Å². The number of benzene rings is 1. The zero-order chi connectivity index (χ0) is 12.6. The lowest BCUT2D eigenvalue weighted by atomic mass is 10.1. The third-order valence-corrected chi connectivity index (χ3v) is 2.90. The maximum Gasteiger partial charge on any atom is 0.307 e. The molecule has 1 aliphatic heterocycles. The Labute approximate surface area is 107 Å². The second kappa shape index (κ2) is 7.01. The van der Waals surface area contributed by atoms with Gasteiger partial charge in [-0.25, -0.2) is 0 Å². The summed E-state index contributed by atoms with van der Waals surface area (Å²) in [6.07, 6.45) is 2.07. The average Bonchev–Trinajstić information content (AvgIpc) is 2.41. The molecule has 1 aromatic rings. The highest BCUT2D eigenvalue weighted by Crippen LogP contribution is 2.11. The van der Waals surface area contributed by atoms with Crippen molar-refractivity contribution < 1.29 is 14.3 Å². The van der Waals surface area contributed by atoms with Gasteiger partial charge in [-0.3, -0.25) is 4.79 Å². The van der Waals surface area contributed by atoms with Gasteiger partial charge in [-0.1, -0.05) is 18.2 Å². The van der Waals surface area contributed by atoms with Gasteiger partial charge in [0.15, 0.2) is 0 Å². The molecule has 1 fully saturated rings. The van der Waals surface area contributed by atoms with Crippen molar-refractivity contribution in [2.45, 2.75) is 25.4 Å². The lowest BCUT2D eigenvalue weighted by Gasteiger charge is -2.22. The monoisotopic (exact) mass is 249 g/mol. The lowest BCUT2D eigenvalue weighted by Crippen LogP contribution is -2.26. The third-order valence-electron chi connectivity index (χ3n) is 2.90. The van der Waals surface area contributed by atoms with Crippen molar-refractivity contribution in [1.82, 2.24) is 0 Å². The lowest BCUT2D eigenvalue weighted by molar-refractivity contribution is -0.152. The maximum absolute atomic E-state index is 11.6. The molecule has 0 amide bonds. The number of carbonyl (C=O) groups is 1. The second-order valence-electron chi connectivity index (χ2n) is 4.34. The number of hydrogen-bond donors (Lipinski definition) is 1. The van der Waals surface area contributed by atoms with Gasteiger partial charge in [0.05, 0.1) is 19.6 Å². The van der Waals surface area contributed by atoms with E-state index >= 15 is 0 Å². The summed E-state index contributed by atoms with van der Waals surface area (Å²) in [5.41, 5.74) is 1.02. The quantitative estimate of drug-likeness (QED) is 0.813. The summed E-state index contributed by atoms with van der Waals surface area (Å²) in [7, 11) is 0. The first-order valence-electron chi connectivity index (χ1n) is 6.41. The van der Waals surface area contributed by atoms with Crippen LogP contribution in [-0.2, 0) is 14.3 Å². The van der Waals surface area contributed by atoms with Crippen LogP contribution in [0.25, 0.3) is 0 Å². The molecular formula is C14H19NO3. The van der Waals surface area contributed by atoms with Crippen LogP contribution < -0.4 is 5.32 Å². The van der Waals surface area contributed by atoms with Gasteiger partial charge >= 0.3 is 5.97 Å². The summed E-state index contributed by atoms with van der Waals surface area (Å²) < 4.78 is 10.6. The van der Waals surface area contributed by atoms with Crippen LogP contribution >= 0.6 is 0 Å². The van der Waals surface area contributed by atoms with Crippen LogP contribution in [0.1, 0.15) is 19.3 Å². The molecule has 0 atom stereocenters. The van der Waals surface area contributed by atoms with E-state index in [1.165, 1.54) is 0 Å². The van der Waals surface area contributed by atoms with E-state index in [4.69, 9.17) is 9.47 Å². The van der Waals surface area contributed by atoms with Crippen molar-refractivity contribution in [3.63, 3.8) is 0 Å². The zero-order valence-electron chi connectivity index (χ0n) is 10.4. The number of para-hydroxylation sites is 1. The van der Waals surface area contributed by atoms with Crippen LogP contribution in [0.5, 0.6) is 0 Å². The highest BCUT2D eigenvalue weighted by Gasteiger charge is 2.17.